The van der Waals surface area contributed by atoms with Gasteiger partial charge in [-0.1, -0.05) is 72.9 Å². The van der Waals surface area contributed by atoms with Crippen LogP contribution in [0.1, 0.15) is 31.9 Å². The monoisotopic (exact) mass is 677 g/mol. The Balaban J connectivity index is 2.13. The van der Waals surface area contributed by atoms with Gasteiger partial charge in [0.25, 0.3) is 10.0 Å². The molecule has 1 atom stereocenters. The van der Waals surface area contributed by atoms with Gasteiger partial charge in [0, 0.05) is 23.1 Å². The van der Waals surface area contributed by atoms with Crippen molar-refractivity contribution in [2.24, 2.45) is 5.92 Å². The molecule has 232 valence electrons. The first kappa shape index (κ1) is 34.5. The van der Waals surface area contributed by atoms with E-state index in [0.29, 0.717) is 33.6 Å². The summed E-state index contributed by atoms with van der Waals surface area (Å²) >= 11 is 18.6. The van der Waals surface area contributed by atoms with Crippen LogP contribution in [0.25, 0.3) is 0 Å². The molecular weight excluding hydrogens is 650 g/mol. The second kappa shape index (κ2) is 14.2. The normalized spacial score (nSPS) is 12.6. The molecule has 0 unspecified atom stereocenters. The quantitative estimate of drug-likeness (QED) is 0.236. The molecule has 0 saturated carbocycles. The average Bonchev–Trinajstić information content (AvgIpc) is 2.94. The molecule has 0 aromatic heterocycles. The molecule has 0 heterocycles. The summed E-state index contributed by atoms with van der Waals surface area (Å²) in [6.45, 7) is 4.30. The van der Waals surface area contributed by atoms with Crippen molar-refractivity contribution in [3.05, 3.63) is 92.9 Å². The number of hydrogen-bond acceptors (Lipinski definition) is 4. The van der Waals surface area contributed by atoms with Gasteiger partial charge in [-0.05, 0) is 60.9 Å². The molecule has 0 radical (unpaired) electrons. The number of nitrogens with zero attached hydrogens (tertiary/aromatic N) is 2. The zero-order valence-electron chi connectivity index (χ0n) is 23.3. The van der Waals surface area contributed by atoms with E-state index in [1.165, 1.54) is 43.3 Å². The molecule has 3 aromatic carbocycles. The van der Waals surface area contributed by atoms with E-state index in [1.807, 2.05) is 13.8 Å². The molecule has 0 aliphatic carbocycles. The van der Waals surface area contributed by atoms with E-state index in [1.54, 1.807) is 12.1 Å². The minimum Gasteiger partial charge on any atom is -0.354 e. The van der Waals surface area contributed by atoms with Crippen LogP contribution >= 0.6 is 34.8 Å². The van der Waals surface area contributed by atoms with Gasteiger partial charge in [0.05, 0.1) is 21.2 Å². The highest BCUT2D eigenvalue weighted by Crippen LogP contribution is 2.37. The van der Waals surface area contributed by atoms with Crippen LogP contribution in [-0.2, 0) is 32.3 Å². The maximum Gasteiger partial charge on any atom is 0.416 e. The summed E-state index contributed by atoms with van der Waals surface area (Å²) in [6, 6.07) is 12.5. The first-order valence-corrected chi connectivity index (χ1v) is 15.6. The van der Waals surface area contributed by atoms with E-state index in [9.17, 15) is 31.2 Å². The number of benzene rings is 3. The summed E-state index contributed by atoms with van der Waals surface area (Å²) in [5.74, 6) is -1.33. The molecule has 0 fully saturated rings. The fraction of sp³-hybridized carbons (Fsp3) is 0.310. The summed E-state index contributed by atoms with van der Waals surface area (Å²) in [7, 11) is -4.63. The smallest absolute Gasteiger partial charge is 0.354 e. The summed E-state index contributed by atoms with van der Waals surface area (Å²) in [5.41, 5.74) is -1.33. The Kier molecular flexibility index (Phi) is 11.4. The minimum atomic E-state index is -4.83. The number of halogens is 6. The van der Waals surface area contributed by atoms with Crippen LogP contribution in [0.5, 0.6) is 0 Å². The van der Waals surface area contributed by atoms with E-state index >= 15 is 0 Å². The standard InChI is InChI=1S/C29H29Cl3F3N3O4S/c1-18(2)15-36-28(40)19(3)37(16-20-9-11-22(30)14-25(20)32)27(39)17-38(43(41,42)23-7-5-4-6-8-23)26-13-21(29(33,34)35)10-12-24(26)31/h4-14,18-19H,15-17H2,1-3H3,(H,36,40)/t19-/m0/s1. The van der Waals surface area contributed by atoms with E-state index in [2.05, 4.69) is 5.32 Å². The Morgan fingerprint density at radius 1 is 0.907 bits per heavy atom. The van der Waals surface area contributed by atoms with Crippen LogP contribution in [-0.4, -0.2) is 44.3 Å². The molecule has 0 bridgehead atoms. The van der Waals surface area contributed by atoms with Crippen LogP contribution in [0.3, 0.4) is 0 Å². The third-order valence-corrected chi connectivity index (χ3v) is 9.04. The molecule has 1 N–H and O–H groups in total. The van der Waals surface area contributed by atoms with E-state index < -0.39 is 51.9 Å². The number of alkyl halides is 3. The maximum atomic E-state index is 14.0. The zero-order chi connectivity index (χ0) is 32.1. The Hall–Kier alpha value is -2.99. The van der Waals surface area contributed by atoms with Crippen molar-refractivity contribution in [1.29, 1.82) is 0 Å². The molecule has 43 heavy (non-hydrogen) atoms. The lowest BCUT2D eigenvalue weighted by atomic mass is 10.1. The number of nitrogens with one attached hydrogen (secondary N) is 1. The lowest BCUT2D eigenvalue weighted by molar-refractivity contribution is -0.139. The highest BCUT2D eigenvalue weighted by molar-refractivity contribution is 7.92. The second-order valence-corrected chi connectivity index (χ2v) is 13.2. The first-order valence-electron chi connectivity index (χ1n) is 13.0. The van der Waals surface area contributed by atoms with E-state index in [0.717, 1.165) is 11.0 Å². The number of carbonyl (C=O) groups excluding carboxylic acids is 2. The number of hydrogen-bond donors (Lipinski definition) is 1. The summed E-state index contributed by atoms with van der Waals surface area (Å²) in [5, 5.41) is 2.92. The molecular formula is C29H29Cl3F3N3O4S. The third-order valence-electron chi connectivity index (χ3n) is 6.36. The molecule has 0 aliphatic rings. The summed E-state index contributed by atoms with van der Waals surface area (Å²) in [6.07, 6.45) is -4.83. The van der Waals surface area contributed by atoms with Crippen LogP contribution < -0.4 is 9.62 Å². The molecule has 14 heteroatoms. The Morgan fingerprint density at radius 2 is 1.56 bits per heavy atom. The average molecular weight is 679 g/mol. The van der Waals surface area contributed by atoms with Crippen molar-refractivity contribution in [3.63, 3.8) is 0 Å². The van der Waals surface area contributed by atoms with Gasteiger partial charge >= 0.3 is 6.18 Å². The fourth-order valence-electron chi connectivity index (χ4n) is 3.98. The Morgan fingerprint density at radius 3 is 2.14 bits per heavy atom. The number of sulfonamides is 1. The first-order chi connectivity index (χ1) is 20.0. The predicted octanol–water partition coefficient (Wildman–Crippen LogP) is 7.05. The topological polar surface area (TPSA) is 86.8 Å². The molecule has 0 saturated heterocycles. The largest absolute Gasteiger partial charge is 0.416 e. The number of amides is 2. The maximum absolute atomic E-state index is 14.0. The molecule has 7 nitrogen and oxygen atoms in total. The van der Waals surface area contributed by atoms with Crippen LogP contribution in [0, 0.1) is 5.92 Å². The zero-order valence-corrected chi connectivity index (χ0v) is 26.4. The van der Waals surface area contributed by atoms with Gasteiger partial charge in [0.1, 0.15) is 12.6 Å². The van der Waals surface area contributed by atoms with Crippen LogP contribution in [0.15, 0.2) is 71.6 Å². The predicted molar refractivity (Wildman–Crippen MR) is 162 cm³/mol. The lowest BCUT2D eigenvalue weighted by Gasteiger charge is -2.32. The van der Waals surface area contributed by atoms with Crippen molar-refractivity contribution < 1.29 is 31.2 Å². The van der Waals surface area contributed by atoms with Crippen molar-refractivity contribution >= 4 is 62.3 Å². The van der Waals surface area contributed by atoms with Crippen molar-refractivity contribution in [3.8, 4) is 0 Å². The second-order valence-electron chi connectivity index (χ2n) is 10.1. The SMILES string of the molecule is CC(C)CNC(=O)[C@H](C)N(Cc1ccc(Cl)cc1Cl)C(=O)CN(c1cc(C(F)(F)F)ccc1Cl)S(=O)(=O)c1ccccc1. The van der Waals surface area contributed by atoms with Crippen molar-refractivity contribution in [2.45, 2.75) is 44.4 Å². The molecule has 0 spiro atoms. The third kappa shape index (κ3) is 8.78. The minimum absolute atomic E-state index is 0.0977. The lowest BCUT2D eigenvalue weighted by Crippen LogP contribution is -2.51. The van der Waals surface area contributed by atoms with Gasteiger partial charge in [-0.15, -0.1) is 0 Å². The molecule has 2 amide bonds. The van der Waals surface area contributed by atoms with Gasteiger partial charge in [-0.3, -0.25) is 13.9 Å². The van der Waals surface area contributed by atoms with Crippen LogP contribution in [0.4, 0.5) is 18.9 Å². The highest BCUT2D eigenvalue weighted by Gasteiger charge is 2.36. The van der Waals surface area contributed by atoms with Gasteiger partial charge in [-0.2, -0.15) is 13.2 Å². The molecule has 3 aromatic rings. The van der Waals surface area contributed by atoms with Crippen molar-refractivity contribution in [2.75, 3.05) is 17.4 Å². The van der Waals surface area contributed by atoms with Gasteiger partial charge in [-0.25, -0.2) is 8.42 Å². The number of rotatable bonds is 11. The van der Waals surface area contributed by atoms with E-state index in [4.69, 9.17) is 34.8 Å². The number of anilines is 1. The van der Waals surface area contributed by atoms with E-state index in [-0.39, 0.29) is 27.4 Å². The fourth-order valence-corrected chi connectivity index (χ4v) is 6.17. The highest BCUT2D eigenvalue weighted by atomic mass is 35.5. The summed E-state index contributed by atoms with van der Waals surface area (Å²) < 4.78 is 69.1. The van der Waals surface area contributed by atoms with Crippen LogP contribution in [0.2, 0.25) is 15.1 Å². The van der Waals surface area contributed by atoms with Gasteiger partial charge in [0.2, 0.25) is 11.8 Å². The summed E-state index contributed by atoms with van der Waals surface area (Å²) in [4.78, 5) is 27.9. The molecule has 0 aliphatic heterocycles. The van der Waals surface area contributed by atoms with Gasteiger partial charge < -0.3 is 10.2 Å². The Labute approximate surface area is 263 Å². The Bertz CT molecular complexity index is 1570. The number of carbonyl (C=O) groups is 2. The van der Waals surface area contributed by atoms with Gasteiger partial charge in [0.15, 0.2) is 0 Å². The molecule has 3 rings (SSSR count). The van der Waals surface area contributed by atoms with Crippen molar-refractivity contribution in [1.82, 2.24) is 10.2 Å².